The third-order valence-corrected chi connectivity index (χ3v) is 12.2. The van der Waals surface area contributed by atoms with Crippen LogP contribution in [0.1, 0.15) is 0 Å². The first kappa shape index (κ1) is 31.9. The van der Waals surface area contributed by atoms with Crippen molar-refractivity contribution in [3.8, 4) is 51.0 Å². The van der Waals surface area contributed by atoms with Gasteiger partial charge in [-0.25, -0.2) is 15.0 Å². The number of benzene rings is 8. The maximum absolute atomic E-state index is 6.91. The molecule has 0 aliphatic heterocycles. The Labute approximate surface area is 330 Å². The first-order chi connectivity index (χ1) is 28.3. The highest BCUT2D eigenvalue weighted by molar-refractivity contribution is 7.26. The topological polar surface area (TPSA) is 56.7 Å². The van der Waals surface area contributed by atoms with E-state index in [1.54, 1.807) is 0 Å². The zero-order chi connectivity index (χ0) is 37.5. The van der Waals surface area contributed by atoms with Gasteiger partial charge in [-0.2, -0.15) is 0 Å². The third kappa shape index (κ3) is 4.91. The van der Waals surface area contributed by atoms with E-state index in [1.165, 1.54) is 47.7 Å². The molecule has 0 bridgehead atoms. The van der Waals surface area contributed by atoms with Gasteiger partial charge in [0, 0.05) is 64.0 Å². The molecule has 266 valence electrons. The average Bonchev–Trinajstić information content (AvgIpc) is 3.97. The van der Waals surface area contributed by atoms with Crippen LogP contribution >= 0.6 is 11.3 Å². The standard InChI is InChI=1S/C51H30N4OS/c1-3-15-31(16-4-1)49-52-50(32-17-5-2-6-18-32)54-51(53-49)38-24-12-28-42-45(38)37-23-11-22-36(48(37)56-42)35-21-13-29-43-46(35)47-41(27-14-30-44(47)57-43)55-39-25-9-7-19-33(39)34-20-8-10-26-40(34)55/h1-30H. The zero-order valence-electron chi connectivity index (χ0n) is 30.4. The molecule has 6 heteroatoms. The van der Waals surface area contributed by atoms with E-state index in [4.69, 9.17) is 19.4 Å². The van der Waals surface area contributed by atoms with Crippen LogP contribution in [0, 0.1) is 0 Å². The minimum atomic E-state index is 0.600. The molecule has 8 aromatic carbocycles. The van der Waals surface area contributed by atoms with Gasteiger partial charge < -0.3 is 8.98 Å². The Hall–Kier alpha value is -7.41. The molecule has 5 nitrogen and oxygen atoms in total. The van der Waals surface area contributed by atoms with Crippen molar-refractivity contribution in [2.24, 2.45) is 0 Å². The van der Waals surface area contributed by atoms with E-state index in [2.05, 4.69) is 114 Å². The molecule has 0 amide bonds. The molecular weight excluding hydrogens is 717 g/mol. The number of rotatable bonds is 5. The van der Waals surface area contributed by atoms with Crippen LogP contribution in [0.5, 0.6) is 0 Å². The highest BCUT2D eigenvalue weighted by Crippen LogP contribution is 2.47. The second-order valence-corrected chi connectivity index (χ2v) is 15.4. The largest absolute Gasteiger partial charge is 0.455 e. The lowest BCUT2D eigenvalue weighted by atomic mass is 9.96. The van der Waals surface area contributed by atoms with E-state index >= 15 is 0 Å². The molecule has 0 aliphatic rings. The molecule has 0 aliphatic carbocycles. The first-order valence-corrected chi connectivity index (χ1v) is 19.8. The van der Waals surface area contributed by atoms with Crippen LogP contribution in [0.3, 0.4) is 0 Å². The summed E-state index contributed by atoms with van der Waals surface area (Å²) in [6.07, 6.45) is 0. The lowest BCUT2D eigenvalue weighted by Gasteiger charge is -2.12. The van der Waals surface area contributed by atoms with Crippen LogP contribution in [-0.2, 0) is 0 Å². The van der Waals surface area contributed by atoms with Crippen molar-refractivity contribution in [3.63, 3.8) is 0 Å². The Morgan fingerprint density at radius 2 is 0.912 bits per heavy atom. The molecular formula is C51H30N4OS. The van der Waals surface area contributed by atoms with Gasteiger partial charge in [0.15, 0.2) is 17.5 Å². The van der Waals surface area contributed by atoms with Crippen LogP contribution in [0.15, 0.2) is 186 Å². The van der Waals surface area contributed by atoms with Crippen molar-refractivity contribution < 1.29 is 4.42 Å². The second-order valence-electron chi connectivity index (χ2n) is 14.3. The van der Waals surface area contributed by atoms with Gasteiger partial charge in [-0.3, -0.25) is 0 Å². The smallest absolute Gasteiger partial charge is 0.164 e. The molecule has 12 aromatic rings. The quantitative estimate of drug-likeness (QED) is 0.176. The SMILES string of the molecule is c1ccc(-c2nc(-c3ccccc3)nc(-c3cccc4oc5c(-c6cccc7sc8cccc(-n9c%10ccccc%10c%10ccccc%109)c8c67)cccc5c34)n2)cc1. The zero-order valence-corrected chi connectivity index (χ0v) is 31.2. The molecule has 0 saturated heterocycles. The Bertz CT molecular complexity index is 3420. The summed E-state index contributed by atoms with van der Waals surface area (Å²) in [4.78, 5) is 15.1. The molecule has 0 spiro atoms. The molecule has 12 rings (SSSR count). The van der Waals surface area contributed by atoms with Crippen molar-refractivity contribution in [2.75, 3.05) is 0 Å². The lowest BCUT2D eigenvalue weighted by molar-refractivity contribution is 0.670. The van der Waals surface area contributed by atoms with E-state index in [1.807, 2.05) is 84.1 Å². The maximum Gasteiger partial charge on any atom is 0.164 e. The Morgan fingerprint density at radius 1 is 0.386 bits per heavy atom. The number of nitrogens with zero attached hydrogens (tertiary/aromatic N) is 4. The molecule has 0 atom stereocenters. The minimum Gasteiger partial charge on any atom is -0.455 e. The fourth-order valence-corrected chi connectivity index (χ4v) is 9.77. The predicted octanol–water partition coefficient (Wildman–Crippen LogP) is 13.9. The number of furan rings is 1. The van der Waals surface area contributed by atoms with E-state index in [0.717, 1.165) is 49.8 Å². The average molecular weight is 747 g/mol. The van der Waals surface area contributed by atoms with Crippen molar-refractivity contribution in [1.29, 1.82) is 0 Å². The highest BCUT2D eigenvalue weighted by atomic mass is 32.1. The van der Waals surface area contributed by atoms with Crippen molar-refractivity contribution in [2.45, 2.75) is 0 Å². The molecule has 57 heavy (non-hydrogen) atoms. The number of fused-ring (bicyclic) bond motifs is 9. The van der Waals surface area contributed by atoms with Gasteiger partial charge in [0.1, 0.15) is 11.2 Å². The summed E-state index contributed by atoms with van der Waals surface area (Å²) in [6.45, 7) is 0. The maximum atomic E-state index is 6.91. The number of thiophene rings is 1. The van der Waals surface area contributed by atoms with Gasteiger partial charge >= 0.3 is 0 Å². The molecule has 0 saturated carbocycles. The molecule has 0 unspecified atom stereocenters. The Kier molecular flexibility index (Phi) is 7.03. The summed E-state index contributed by atoms with van der Waals surface area (Å²) in [5, 5.41) is 6.95. The van der Waals surface area contributed by atoms with Crippen molar-refractivity contribution >= 4 is 75.3 Å². The molecule has 0 fully saturated rings. The van der Waals surface area contributed by atoms with E-state index in [-0.39, 0.29) is 0 Å². The predicted molar refractivity (Wildman–Crippen MR) is 236 cm³/mol. The Morgan fingerprint density at radius 3 is 1.61 bits per heavy atom. The van der Waals surface area contributed by atoms with E-state index in [9.17, 15) is 0 Å². The van der Waals surface area contributed by atoms with Gasteiger partial charge in [-0.05, 0) is 42.0 Å². The van der Waals surface area contributed by atoms with Gasteiger partial charge in [-0.15, -0.1) is 11.3 Å². The normalized spacial score (nSPS) is 11.9. The van der Waals surface area contributed by atoms with Crippen LogP contribution in [-0.4, -0.2) is 19.5 Å². The van der Waals surface area contributed by atoms with Crippen molar-refractivity contribution in [3.05, 3.63) is 182 Å². The summed E-state index contributed by atoms with van der Waals surface area (Å²) in [5.74, 6) is 1.85. The monoisotopic (exact) mass is 746 g/mol. The van der Waals surface area contributed by atoms with E-state index in [0.29, 0.717) is 17.5 Å². The summed E-state index contributed by atoms with van der Waals surface area (Å²) in [5.41, 5.74) is 10.1. The van der Waals surface area contributed by atoms with Crippen LogP contribution in [0.25, 0.3) is 115 Å². The summed E-state index contributed by atoms with van der Waals surface area (Å²) >= 11 is 1.84. The fourth-order valence-electron chi connectivity index (χ4n) is 8.62. The van der Waals surface area contributed by atoms with Crippen LogP contribution in [0.4, 0.5) is 0 Å². The number of hydrogen-bond acceptors (Lipinski definition) is 5. The minimum absolute atomic E-state index is 0.600. The molecule has 4 aromatic heterocycles. The molecule has 4 heterocycles. The number of hydrogen-bond donors (Lipinski definition) is 0. The van der Waals surface area contributed by atoms with Gasteiger partial charge in [-0.1, -0.05) is 146 Å². The summed E-state index contributed by atoms with van der Waals surface area (Å²) in [6, 6.07) is 63.6. The lowest BCUT2D eigenvalue weighted by Crippen LogP contribution is -2.00. The molecule has 0 radical (unpaired) electrons. The fraction of sp³-hybridized carbons (Fsp3) is 0. The summed E-state index contributed by atoms with van der Waals surface area (Å²) < 4.78 is 11.8. The van der Waals surface area contributed by atoms with Gasteiger partial charge in [0.2, 0.25) is 0 Å². The Balaban J connectivity index is 1.11. The van der Waals surface area contributed by atoms with E-state index < -0.39 is 0 Å². The van der Waals surface area contributed by atoms with Crippen LogP contribution < -0.4 is 0 Å². The molecule has 0 N–H and O–H groups in total. The first-order valence-electron chi connectivity index (χ1n) is 19.0. The van der Waals surface area contributed by atoms with Gasteiger partial charge in [0.25, 0.3) is 0 Å². The summed E-state index contributed by atoms with van der Waals surface area (Å²) in [7, 11) is 0. The van der Waals surface area contributed by atoms with Gasteiger partial charge in [0.05, 0.1) is 16.7 Å². The van der Waals surface area contributed by atoms with Crippen LogP contribution in [0.2, 0.25) is 0 Å². The second kappa shape index (κ2) is 12.6. The third-order valence-electron chi connectivity index (χ3n) is 11.1. The highest BCUT2D eigenvalue weighted by Gasteiger charge is 2.23. The van der Waals surface area contributed by atoms with Crippen molar-refractivity contribution in [1.82, 2.24) is 19.5 Å². The number of aromatic nitrogens is 4. The number of para-hydroxylation sites is 3.